The number of halogens is 7. The molecule has 3 atom stereocenters. The van der Waals surface area contributed by atoms with Gasteiger partial charge in [-0.05, 0) is 69.0 Å². The van der Waals surface area contributed by atoms with E-state index in [1.54, 1.807) is 0 Å². The molecule has 0 heterocycles. The molecule has 0 bridgehead atoms. The van der Waals surface area contributed by atoms with Crippen molar-refractivity contribution < 1.29 is 14.2 Å². The van der Waals surface area contributed by atoms with Crippen LogP contribution in [0.5, 0.6) is 5.75 Å². The lowest BCUT2D eigenvalue weighted by Crippen LogP contribution is -2.61. The predicted octanol–water partition coefficient (Wildman–Crippen LogP) is 9.31. The summed E-state index contributed by atoms with van der Waals surface area (Å²) < 4.78 is 15.4. The van der Waals surface area contributed by atoms with E-state index >= 15 is 0 Å². The van der Waals surface area contributed by atoms with E-state index < -0.39 is 11.3 Å². The lowest BCUT2D eigenvalue weighted by molar-refractivity contribution is -0.202. The zero-order chi connectivity index (χ0) is 23.3. The SMILES string of the molecule is CC(C)OC(Br)(C(Br)(Br)Br)C(Br)(OCC(Br)CBr)Oc1cccc(-c2ccccc2)c1. The Hall–Kier alpha value is 1.52. The summed E-state index contributed by atoms with van der Waals surface area (Å²) in [7, 11) is 0. The molecule has 0 N–H and O–H groups in total. The Labute approximate surface area is 242 Å². The van der Waals surface area contributed by atoms with Gasteiger partial charge in [-0.3, -0.25) is 0 Å². The summed E-state index contributed by atoms with van der Waals surface area (Å²) in [6, 6.07) is 17.9. The van der Waals surface area contributed by atoms with Gasteiger partial charge < -0.3 is 14.2 Å². The Morgan fingerprint density at radius 3 is 2.03 bits per heavy atom. The Kier molecular flexibility index (Phi) is 11.6. The van der Waals surface area contributed by atoms with Gasteiger partial charge in [-0.1, -0.05) is 122 Å². The Bertz CT molecular complexity index is 831. The van der Waals surface area contributed by atoms with Crippen LogP contribution in [0.4, 0.5) is 0 Å². The minimum atomic E-state index is -1.44. The summed E-state index contributed by atoms with van der Waals surface area (Å²) in [4.78, 5) is 0.0647. The first-order chi connectivity index (χ1) is 14.4. The van der Waals surface area contributed by atoms with Gasteiger partial charge in [0.2, 0.25) is 4.51 Å². The largest absolute Gasteiger partial charge is 0.449 e. The molecule has 0 aromatic heterocycles. The molecule has 2 rings (SSSR count). The zero-order valence-electron chi connectivity index (χ0n) is 16.6. The van der Waals surface area contributed by atoms with Gasteiger partial charge in [0.15, 0.2) is 2.14 Å². The lowest BCUT2D eigenvalue weighted by Gasteiger charge is -2.47. The van der Waals surface area contributed by atoms with E-state index in [0.717, 1.165) is 11.1 Å². The highest BCUT2D eigenvalue weighted by molar-refractivity contribution is 9.40. The van der Waals surface area contributed by atoms with Crippen LogP contribution in [0.1, 0.15) is 13.8 Å². The molecule has 0 fully saturated rings. The summed E-state index contributed by atoms with van der Waals surface area (Å²) in [6.45, 7) is 4.21. The fraction of sp³-hybridized carbons (Fsp3) is 0.429. The summed E-state index contributed by atoms with van der Waals surface area (Å²) >= 11 is 25.3. The highest BCUT2D eigenvalue weighted by Gasteiger charge is 2.64. The number of benzene rings is 2. The van der Waals surface area contributed by atoms with E-state index in [9.17, 15) is 0 Å². The quantitative estimate of drug-likeness (QED) is 0.176. The monoisotopic (exact) mass is 874 g/mol. The summed E-state index contributed by atoms with van der Waals surface area (Å²) in [5.41, 5.74) is 2.12. The van der Waals surface area contributed by atoms with Crippen molar-refractivity contribution in [3.05, 3.63) is 54.6 Å². The van der Waals surface area contributed by atoms with Crippen LogP contribution in [-0.2, 0) is 9.47 Å². The van der Waals surface area contributed by atoms with Crippen LogP contribution in [0.2, 0.25) is 0 Å². The molecular weight excluding hydrogens is 860 g/mol. The normalized spacial score (nSPS) is 17.1. The van der Waals surface area contributed by atoms with Gasteiger partial charge in [-0.15, -0.1) is 0 Å². The number of alkyl halides is 7. The summed E-state index contributed by atoms with van der Waals surface area (Å²) in [6.07, 6.45) is -0.151. The van der Waals surface area contributed by atoms with Gasteiger partial charge in [0.1, 0.15) is 5.75 Å². The fourth-order valence-corrected chi connectivity index (χ4v) is 6.04. The number of hydrogen-bond acceptors (Lipinski definition) is 3. The highest BCUT2D eigenvalue weighted by Crippen LogP contribution is 2.58. The van der Waals surface area contributed by atoms with E-state index in [0.29, 0.717) is 17.7 Å². The van der Waals surface area contributed by atoms with Gasteiger partial charge in [-0.2, -0.15) is 0 Å². The Balaban J connectivity index is 2.48. The van der Waals surface area contributed by atoms with E-state index in [2.05, 4.69) is 124 Å². The van der Waals surface area contributed by atoms with Crippen molar-refractivity contribution in [1.82, 2.24) is 0 Å². The Morgan fingerprint density at radius 1 is 0.871 bits per heavy atom. The van der Waals surface area contributed by atoms with Gasteiger partial charge >= 0.3 is 4.70 Å². The summed E-state index contributed by atoms with van der Waals surface area (Å²) in [5.74, 6) is 0.608. The third kappa shape index (κ3) is 7.75. The third-order valence-corrected chi connectivity index (χ3v) is 12.2. The van der Waals surface area contributed by atoms with Gasteiger partial charge in [0.05, 0.1) is 12.7 Å². The molecule has 0 radical (unpaired) electrons. The molecule has 3 nitrogen and oxygen atoms in total. The van der Waals surface area contributed by atoms with Gasteiger partial charge in [0.25, 0.3) is 0 Å². The maximum atomic E-state index is 6.45. The molecule has 0 spiro atoms. The van der Waals surface area contributed by atoms with Gasteiger partial charge in [-0.25, -0.2) is 0 Å². The average Bonchev–Trinajstić information content (AvgIpc) is 2.71. The minimum absolute atomic E-state index is 0.0647. The van der Waals surface area contributed by atoms with Crippen molar-refractivity contribution in [2.45, 2.75) is 36.1 Å². The van der Waals surface area contributed by atoms with Crippen molar-refractivity contribution in [1.29, 1.82) is 0 Å². The smallest absolute Gasteiger partial charge is 0.311 e. The van der Waals surface area contributed by atoms with Crippen LogP contribution in [0.15, 0.2) is 54.6 Å². The van der Waals surface area contributed by atoms with Crippen molar-refractivity contribution >= 4 is 112 Å². The van der Waals surface area contributed by atoms with Crippen molar-refractivity contribution in [2.24, 2.45) is 0 Å². The second-order valence-electron chi connectivity index (χ2n) is 6.85. The molecule has 0 aliphatic carbocycles. The number of rotatable bonds is 10. The number of hydrogen-bond donors (Lipinski definition) is 0. The molecule has 0 aliphatic rings. The molecule has 0 saturated carbocycles. The zero-order valence-corrected chi connectivity index (χ0v) is 27.7. The van der Waals surface area contributed by atoms with Crippen LogP contribution < -0.4 is 4.74 Å². The van der Waals surface area contributed by atoms with E-state index in [-0.39, 0.29) is 10.9 Å². The van der Waals surface area contributed by atoms with Crippen molar-refractivity contribution in [3.63, 3.8) is 0 Å². The molecule has 31 heavy (non-hydrogen) atoms. The molecule has 2 aromatic rings. The molecule has 10 heteroatoms. The van der Waals surface area contributed by atoms with Crippen LogP contribution in [-0.4, -0.2) is 34.2 Å². The first-order valence-corrected chi connectivity index (χ1v) is 15.2. The highest BCUT2D eigenvalue weighted by atomic mass is 80.0. The minimum Gasteiger partial charge on any atom is -0.449 e. The van der Waals surface area contributed by atoms with Crippen molar-refractivity contribution in [3.8, 4) is 16.9 Å². The van der Waals surface area contributed by atoms with Crippen LogP contribution in [0.3, 0.4) is 0 Å². The summed E-state index contributed by atoms with van der Waals surface area (Å²) in [5, 5.41) is 0.710. The van der Waals surface area contributed by atoms with Crippen LogP contribution in [0, 0.1) is 0 Å². The molecular formula is C21H21Br7O3. The van der Waals surface area contributed by atoms with E-state index in [1.165, 1.54) is 0 Å². The second-order valence-corrected chi connectivity index (χ2v) is 17.7. The maximum absolute atomic E-state index is 6.45. The molecule has 172 valence electrons. The van der Waals surface area contributed by atoms with E-state index in [4.69, 9.17) is 14.2 Å². The molecule has 2 aromatic carbocycles. The number of ether oxygens (including phenoxy) is 3. The molecule has 0 aliphatic heterocycles. The van der Waals surface area contributed by atoms with Gasteiger partial charge in [0, 0.05) is 10.2 Å². The molecule has 3 unspecified atom stereocenters. The predicted molar refractivity (Wildman–Crippen MR) is 154 cm³/mol. The van der Waals surface area contributed by atoms with Crippen LogP contribution >= 0.6 is 112 Å². The van der Waals surface area contributed by atoms with E-state index in [1.807, 2.05) is 56.3 Å². The first-order valence-electron chi connectivity index (χ1n) is 9.22. The maximum Gasteiger partial charge on any atom is 0.311 e. The standard InChI is InChI=1S/C21H21Br7O3/c1-14(2)30-19(24,20(25,26)27)21(28,29-13-17(23)12-22)31-18-10-6-9-16(11-18)15-7-4-3-5-8-15/h3-11,14,17H,12-13H2,1-2H3. The van der Waals surface area contributed by atoms with Crippen molar-refractivity contribution in [2.75, 3.05) is 11.9 Å². The van der Waals surface area contributed by atoms with Crippen LogP contribution in [0.25, 0.3) is 11.1 Å². The third-order valence-electron chi connectivity index (χ3n) is 3.95. The Morgan fingerprint density at radius 2 is 1.48 bits per heavy atom. The molecule has 0 amide bonds. The molecule has 0 saturated heterocycles. The fourth-order valence-electron chi connectivity index (χ4n) is 2.58. The topological polar surface area (TPSA) is 27.7 Å². The second kappa shape index (κ2) is 12.5. The lowest BCUT2D eigenvalue weighted by atomic mass is 10.1. The average molecular weight is 881 g/mol. The first kappa shape index (κ1) is 28.8.